The van der Waals surface area contributed by atoms with Gasteiger partial charge in [0, 0.05) is 35.5 Å². The Hall–Kier alpha value is -5.98. The lowest BCUT2D eigenvalue weighted by Gasteiger charge is -2.17. The van der Waals surface area contributed by atoms with Crippen molar-refractivity contribution in [1.29, 1.82) is 0 Å². The molecule has 4 rings (SSSR count). The first-order chi connectivity index (χ1) is 22.9. The number of aliphatic imine (C=N–C) groups is 1. The Morgan fingerprint density at radius 2 is 1.67 bits per heavy atom. The highest BCUT2D eigenvalue weighted by atomic mass is 16.5. The fourth-order valence-electron chi connectivity index (χ4n) is 4.42. The average molecular weight is 654 g/mol. The third-order valence-electron chi connectivity index (χ3n) is 6.85. The SMILES string of the molecule is CC(C)Nc1ncc(-c2cc(N)cc(OC(=O)C(C)C)c2)n(CC(=O)NCc2ccc(/C(N)=N/C(=O)OCc3ccccc3)cc2)c1=O. The summed E-state index contributed by atoms with van der Waals surface area (Å²) in [6, 6.07) is 20.6. The van der Waals surface area contributed by atoms with Gasteiger partial charge in [0.25, 0.3) is 5.56 Å². The Labute approximate surface area is 278 Å². The van der Waals surface area contributed by atoms with Gasteiger partial charge in [-0.2, -0.15) is 4.99 Å². The summed E-state index contributed by atoms with van der Waals surface area (Å²) in [5.41, 5.74) is 14.7. The zero-order valence-corrected chi connectivity index (χ0v) is 27.2. The number of amidine groups is 1. The van der Waals surface area contributed by atoms with Crippen LogP contribution in [0.1, 0.15) is 44.4 Å². The second kappa shape index (κ2) is 16.0. The number of hydrogen-bond acceptors (Lipinski definition) is 9. The average Bonchev–Trinajstić information content (AvgIpc) is 3.05. The van der Waals surface area contributed by atoms with Gasteiger partial charge in [-0.1, -0.05) is 68.4 Å². The molecule has 0 aliphatic heterocycles. The molecule has 250 valence electrons. The molecule has 0 fully saturated rings. The Morgan fingerprint density at radius 1 is 0.958 bits per heavy atom. The number of anilines is 2. The van der Waals surface area contributed by atoms with Crippen LogP contribution in [0.2, 0.25) is 0 Å². The lowest BCUT2D eigenvalue weighted by atomic mass is 10.1. The fourth-order valence-corrected chi connectivity index (χ4v) is 4.42. The number of nitrogens with zero attached hydrogens (tertiary/aromatic N) is 3. The zero-order chi connectivity index (χ0) is 34.8. The third kappa shape index (κ3) is 9.76. The van der Waals surface area contributed by atoms with Crippen molar-refractivity contribution in [2.45, 2.75) is 53.4 Å². The number of rotatable bonds is 12. The molecule has 13 heteroatoms. The molecule has 0 aliphatic carbocycles. The number of nitrogens with one attached hydrogen (secondary N) is 2. The van der Waals surface area contributed by atoms with Crippen molar-refractivity contribution in [2.75, 3.05) is 11.1 Å². The van der Waals surface area contributed by atoms with E-state index < -0.39 is 23.5 Å². The number of esters is 1. The van der Waals surface area contributed by atoms with E-state index in [4.69, 9.17) is 20.9 Å². The summed E-state index contributed by atoms with van der Waals surface area (Å²) in [6.07, 6.45) is 0.654. The number of nitrogens with two attached hydrogens (primary N) is 2. The topological polar surface area (TPSA) is 193 Å². The van der Waals surface area contributed by atoms with Crippen LogP contribution in [-0.2, 0) is 34.0 Å². The van der Waals surface area contributed by atoms with E-state index in [1.807, 2.05) is 44.2 Å². The summed E-state index contributed by atoms with van der Waals surface area (Å²) < 4.78 is 11.9. The van der Waals surface area contributed by atoms with Crippen LogP contribution in [0.4, 0.5) is 16.3 Å². The molecule has 0 saturated carbocycles. The molecule has 4 aromatic rings. The molecule has 2 amide bonds. The van der Waals surface area contributed by atoms with Crippen molar-refractivity contribution >= 4 is 35.3 Å². The lowest BCUT2D eigenvalue weighted by Crippen LogP contribution is -2.35. The quantitative estimate of drug-likeness (QED) is 0.0565. The van der Waals surface area contributed by atoms with Gasteiger partial charge in [0.2, 0.25) is 5.91 Å². The van der Waals surface area contributed by atoms with Gasteiger partial charge in [-0.15, -0.1) is 0 Å². The van der Waals surface area contributed by atoms with Crippen LogP contribution in [0.25, 0.3) is 11.3 Å². The molecule has 0 bridgehead atoms. The van der Waals surface area contributed by atoms with Crippen molar-refractivity contribution in [1.82, 2.24) is 14.9 Å². The van der Waals surface area contributed by atoms with E-state index in [0.717, 1.165) is 11.1 Å². The Balaban J connectivity index is 1.46. The molecule has 3 aromatic carbocycles. The van der Waals surface area contributed by atoms with Crippen molar-refractivity contribution in [3.8, 4) is 17.0 Å². The van der Waals surface area contributed by atoms with Gasteiger partial charge >= 0.3 is 12.1 Å². The van der Waals surface area contributed by atoms with Gasteiger partial charge in [0.1, 0.15) is 24.7 Å². The van der Waals surface area contributed by atoms with E-state index in [1.165, 1.54) is 16.8 Å². The van der Waals surface area contributed by atoms with Crippen LogP contribution in [0.15, 0.2) is 88.8 Å². The van der Waals surface area contributed by atoms with E-state index >= 15 is 0 Å². The van der Waals surface area contributed by atoms with E-state index in [0.29, 0.717) is 22.5 Å². The number of carbonyl (C=O) groups is 3. The van der Waals surface area contributed by atoms with E-state index in [1.54, 1.807) is 50.2 Å². The first-order valence-electron chi connectivity index (χ1n) is 15.3. The minimum Gasteiger partial charge on any atom is -0.443 e. The van der Waals surface area contributed by atoms with E-state index in [2.05, 4.69) is 20.6 Å². The van der Waals surface area contributed by atoms with Crippen molar-refractivity contribution in [3.05, 3.63) is 106 Å². The molecule has 0 spiro atoms. The van der Waals surface area contributed by atoms with Crippen LogP contribution in [0.3, 0.4) is 0 Å². The molecule has 1 heterocycles. The second-order valence-electron chi connectivity index (χ2n) is 11.6. The van der Waals surface area contributed by atoms with Gasteiger partial charge in [-0.05, 0) is 37.1 Å². The number of benzene rings is 3. The summed E-state index contributed by atoms with van der Waals surface area (Å²) in [5.74, 6) is -0.979. The first kappa shape index (κ1) is 34.9. The van der Waals surface area contributed by atoms with Gasteiger partial charge in [0.05, 0.1) is 17.8 Å². The van der Waals surface area contributed by atoms with Crippen LogP contribution >= 0.6 is 0 Å². The number of amides is 2. The van der Waals surface area contributed by atoms with Gasteiger partial charge in [0.15, 0.2) is 5.82 Å². The van der Waals surface area contributed by atoms with E-state index in [9.17, 15) is 19.2 Å². The summed E-state index contributed by atoms with van der Waals surface area (Å²) in [6.45, 7) is 7.04. The van der Waals surface area contributed by atoms with Crippen molar-refractivity contribution in [3.63, 3.8) is 0 Å². The van der Waals surface area contributed by atoms with Crippen LogP contribution in [-0.4, -0.2) is 39.4 Å². The van der Waals surface area contributed by atoms with Gasteiger partial charge in [-0.25, -0.2) is 9.78 Å². The Morgan fingerprint density at radius 3 is 2.33 bits per heavy atom. The highest BCUT2D eigenvalue weighted by Gasteiger charge is 2.18. The lowest BCUT2D eigenvalue weighted by molar-refractivity contribution is -0.137. The molecule has 0 unspecified atom stereocenters. The standard InChI is InChI=1S/C35H39N7O6/c1-21(2)34(45)48-28-15-26(14-27(36)16-28)29-18-39-32(40-22(3)4)33(44)42(29)19-30(43)38-17-23-10-12-25(13-11-23)31(37)41-35(46)47-20-24-8-6-5-7-9-24/h5-16,18,21-22H,17,19-20,36H2,1-4H3,(H,38,43)(H,39,40)(H2,37,41,46). The van der Waals surface area contributed by atoms with Crippen LogP contribution in [0.5, 0.6) is 5.75 Å². The van der Waals surface area contributed by atoms with Gasteiger partial charge < -0.3 is 31.6 Å². The number of nitrogen functional groups attached to an aromatic ring is 1. The third-order valence-corrected chi connectivity index (χ3v) is 6.85. The van der Waals surface area contributed by atoms with Crippen LogP contribution in [0, 0.1) is 5.92 Å². The monoisotopic (exact) mass is 653 g/mol. The number of aromatic nitrogens is 2. The summed E-state index contributed by atoms with van der Waals surface area (Å²) >= 11 is 0. The molecular formula is C35H39N7O6. The second-order valence-corrected chi connectivity index (χ2v) is 11.6. The predicted octanol–water partition coefficient (Wildman–Crippen LogP) is 4.23. The molecule has 0 aliphatic rings. The minimum atomic E-state index is -0.809. The smallest absolute Gasteiger partial charge is 0.435 e. The molecule has 0 saturated heterocycles. The zero-order valence-electron chi connectivity index (χ0n) is 27.2. The molecular weight excluding hydrogens is 614 g/mol. The van der Waals surface area contributed by atoms with Crippen molar-refractivity contribution in [2.24, 2.45) is 16.6 Å². The molecule has 1 aromatic heterocycles. The molecule has 6 N–H and O–H groups in total. The first-order valence-corrected chi connectivity index (χ1v) is 15.3. The Kier molecular flexibility index (Phi) is 11.6. The molecule has 48 heavy (non-hydrogen) atoms. The highest BCUT2D eigenvalue weighted by Crippen LogP contribution is 2.27. The van der Waals surface area contributed by atoms with Crippen molar-refractivity contribution < 1.29 is 23.9 Å². The largest absolute Gasteiger partial charge is 0.443 e. The Bertz CT molecular complexity index is 1850. The normalized spacial score (nSPS) is 11.3. The minimum absolute atomic E-state index is 0.0114. The molecule has 0 radical (unpaired) electrons. The predicted molar refractivity (Wildman–Crippen MR) is 183 cm³/mol. The van der Waals surface area contributed by atoms with E-state index in [-0.39, 0.29) is 49.1 Å². The molecule has 13 nitrogen and oxygen atoms in total. The molecule has 0 atom stereocenters. The van der Waals surface area contributed by atoms with Crippen LogP contribution < -0.4 is 32.4 Å². The van der Waals surface area contributed by atoms with Gasteiger partial charge in [-0.3, -0.25) is 19.0 Å². The fraction of sp³-hybridized carbons (Fsp3) is 0.257. The summed E-state index contributed by atoms with van der Waals surface area (Å²) in [5, 5.41) is 5.83. The summed E-state index contributed by atoms with van der Waals surface area (Å²) in [4.78, 5) is 59.1. The highest BCUT2D eigenvalue weighted by molar-refractivity contribution is 6.02. The summed E-state index contributed by atoms with van der Waals surface area (Å²) in [7, 11) is 0. The maximum Gasteiger partial charge on any atom is 0.435 e. The number of carbonyl (C=O) groups excluding carboxylic acids is 3. The maximum absolute atomic E-state index is 13.5. The maximum atomic E-state index is 13.5. The number of hydrogen-bond donors (Lipinski definition) is 4. The number of ether oxygens (including phenoxy) is 2.